The van der Waals surface area contributed by atoms with E-state index in [1.807, 2.05) is 0 Å². The van der Waals surface area contributed by atoms with E-state index in [2.05, 4.69) is 4.74 Å². The van der Waals surface area contributed by atoms with Gasteiger partial charge in [0.05, 0.1) is 5.69 Å². The Kier molecular flexibility index (Phi) is 3.91. The van der Waals surface area contributed by atoms with E-state index >= 15 is 0 Å². The monoisotopic (exact) mass is 364 g/mol. The SMILES string of the molecule is NC(=O)CN1C(=O)C2(SCCS2)c2cc(OC(F)(F)F)ccc21. The van der Waals surface area contributed by atoms with Crippen LogP contribution in [0.4, 0.5) is 18.9 Å². The number of hydrogen-bond acceptors (Lipinski definition) is 5. The molecule has 2 aliphatic heterocycles. The van der Waals surface area contributed by atoms with Gasteiger partial charge in [0.25, 0.3) is 5.91 Å². The minimum atomic E-state index is -4.81. The first-order chi connectivity index (χ1) is 10.7. The molecule has 1 spiro atoms. The molecule has 0 radical (unpaired) electrons. The van der Waals surface area contributed by atoms with Crippen LogP contribution in [0.1, 0.15) is 5.56 Å². The van der Waals surface area contributed by atoms with Gasteiger partial charge in [0, 0.05) is 17.1 Å². The van der Waals surface area contributed by atoms with Crippen molar-refractivity contribution in [3.8, 4) is 5.75 Å². The molecular formula is C13H11F3N2O3S2. The highest BCUT2D eigenvalue weighted by molar-refractivity contribution is 8.21. The van der Waals surface area contributed by atoms with Crippen LogP contribution in [0.25, 0.3) is 0 Å². The van der Waals surface area contributed by atoms with E-state index in [1.165, 1.54) is 40.6 Å². The summed E-state index contributed by atoms with van der Waals surface area (Å²) in [5.41, 5.74) is 5.98. The van der Waals surface area contributed by atoms with E-state index in [4.69, 9.17) is 5.73 Å². The summed E-state index contributed by atoms with van der Waals surface area (Å²) in [5.74, 6) is -0.0553. The van der Waals surface area contributed by atoms with Crippen LogP contribution in [0.5, 0.6) is 5.75 Å². The van der Waals surface area contributed by atoms with Crippen LogP contribution >= 0.6 is 23.5 Å². The zero-order chi connectivity index (χ0) is 16.8. The van der Waals surface area contributed by atoms with Gasteiger partial charge in [0.15, 0.2) is 4.08 Å². The third-order valence-corrected chi connectivity index (χ3v) is 6.77. The lowest BCUT2D eigenvalue weighted by molar-refractivity contribution is -0.274. The number of anilines is 1. The highest BCUT2D eigenvalue weighted by atomic mass is 32.2. The summed E-state index contributed by atoms with van der Waals surface area (Å²) in [6.07, 6.45) is -4.81. The van der Waals surface area contributed by atoms with Gasteiger partial charge in [-0.1, -0.05) is 0 Å². The molecule has 2 N–H and O–H groups in total. The van der Waals surface area contributed by atoms with Crippen molar-refractivity contribution < 1.29 is 27.5 Å². The lowest BCUT2D eigenvalue weighted by Gasteiger charge is -2.21. The molecule has 0 saturated carbocycles. The molecule has 0 atom stereocenters. The highest BCUT2D eigenvalue weighted by Gasteiger charge is 2.54. The van der Waals surface area contributed by atoms with E-state index < -0.39 is 22.1 Å². The first-order valence-corrected chi connectivity index (χ1v) is 8.48. The number of carbonyl (C=O) groups is 2. The number of fused-ring (bicyclic) bond motifs is 2. The molecule has 1 aromatic rings. The van der Waals surface area contributed by atoms with Gasteiger partial charge in [-0.3, -0.25) is 9.59 Å². The van der Waals surface area contributed by atoms with Gasteiger partial charge in [-0.2, -0.15) is 0 Å². The molecule has 5 nitrogen and oxygen atoms in total. The van der Waals surface area contributed by atoms with Gasteiger partial charge < -0.3 is 15.4 Å². The number of rotatable bonds is 3. The van der Waals surface area contributed by atoms with Crippen LogP contribution in [0.3, 0.4) is 0 Å². The van der Waals surface area contributed by atoms with Gasteiger partial charge in [-0.15, -0.1) is 36.7 Å². The maximum Gasteiger partial charge on any atom is 0.573 e. The summed E-state index contributed by atoms with van der Waals surface area (Å²) in [6, 6.07) is 3.69. The number of nitrogens with zero attached hydrogens (tertiary/aromatic N) is 1. The fraction of sp³-hybridized carbons (Fsp3) is 0.385. The van der Waals surface area contributed by atoms with Crippen LogP contribution < -0.4 is 15.4 Å². The summed E-state index contributed by atoms with van der Waals surface area (Å²) >= 11 is 2.69. The highest BCUT2D eigenvalue weighted by Crippen LogP contribution is 2.59. The lowest BCUT2D eigenvalue weighted by atomic mass is 10.1. The molecule has 1 saturated heterocycles. The molecule has 0 aromatic heterocycles. The largest absolute Gasteiger partial charge is 0.573 e. The number of benzene rings is 1. The number of halogens is 3. The molecular weight excluding hydrogens is 353 g/mol. The number of thioether (sulfide) groups is 2. The molecule has 0 bridgehead atoms. The first-order valence-electron chi connectivity index (χ1n) is 6.51. The molecule has 2 aliphatic rings. The van der Waals surface area contributed by atoms with Crippen LogP contribution in [0.15, 0.2) is 18.2 Å². The number of primary amides is 1. The van der Waals surface area contributed by atoms with Crippen molar-refractivity contribution in [1.29, 1.82) is 0 Å². The van der Waals surface area contributed by atoms with Crippen molar-refractivity contribution in [2.75, 3.05) is 23.0 Å². The Morgan fingerprint density at radius 3 is 2.57 bits per heavy atom. The first kappa shape index (κ1) is 16.3. The van der Waals surface area contributed by atoms with E-state index in [9.17, 15) is 22.8 Å². The smallest absolute Gasteiger partial charge is 0.406 e. The van der Waals surface area contributed by atoms with Crippen molar-refractivity contribution in [2.24, 2.45) is 5.73 Å². The van der Waals surface area contributed by atoms with Crippen molar-refractivity contribution in [1.82, 2.24) is 0 Å². The molecule has 2 heterocycles. The molecule has 1 fully saturated rings. The summed E-state index contributed by atoms with van der Waals surface area (Å²) in [7, 11) is 0. The Hall–Kier alpha value is -1.55. The molecule has 2 amide bonds. The Bertz CT molecular complexity index is 675. The summed E-state index contributed by atoms with van der Waals surface area (Å²) in [6.45, 7) is -0.311. The third kappa shape index (κ3) is 2.85. The molecule has 124 valence electrons. The molecule has 3 rings (SSSR count). The van der Waals surface area contributed by atoms with Gasteiger partial charge in [0.2, 0.25) is 5.91 Å². The number of alkyl halides is 3. The third-order valence-electron chi connectivity index (χ3n) is 3.38. The maximum absolute atomic E-state index is 12.7. The number of hydrogen-bond donors (Lipinski definition) is 1. The second kappa shape index (κ2) is 5.52. The Labute approximate surface area is 137 Å². The Morgan fingerprint density at radius 1 is 1.35 bits per heavy atom. The quantitative estimate of drug-likeness (QED) is 0.889. The van der Waals surface area contributed by atoms with Crippen molar-refractivity contribution >= 4 is 41.0 Å². The lowest BCUT2D eigenvalue weighted by Crippen LogP contribution is -2.40. The second-order valence-electron chi connectivity index (χ2n) is 4.90. The number of amides is 2. The molecule has 0 unspecified atom stereocenters. The van der Waals surface area contributed by atoms with E-state index in [0.717, 1.165) is 6.07 Å². The summed E-state index contributed by atoms with van der Waals surface area (Å²) in [5, 5.41) is 0. The van der Waals surface area contributed by atoms with Gasteiger partial charge in [-0.05, 0) is 18.2 Å². The number of ether oxygens (including phenoxy) is 1. The number of carbonyl (C=O) groups excluding carboxylic acids is 2. The van der Waals surface area contributed by atoms with Crippen molar-refractivity contribution in [3.05, 3.63) is 23.8 Å². The Morgan fingerprint density at radius 2 is 2.00 bits per heavy atom. The molecule has 23 heavy (non-hydrogen) atoms. The van der Waals surface area contributed by atoms with Crippen LogP contribution in [-0.4, -0.2) is 36.2 Å². The van der Waals surface area contributed by atoms with E-state index in [0.29, 0.717) is 22.8 Å². The predicted molar refractivity (Wildman–Crippen MR) is 81.3 cm³/mol. The Balaban J connectivity index is 2.06. The molecule has 10 heteroatoms. The normalized spacial score (nSPS) is 19.3. The second-order valence-corrected chi connectivity index (χ2v) is 7.77. The standard InChI is InChI=1S/C13H11F3N2O3S2/c14-13(15,16)21-7-1-2-9-8(5-7)12(22-3-4-23-12)11(20)18(9)6-10(17)19/h1-2,5H,3-4,6H2,(H2,17,19). The summed E-state index contributed by atoms with van der Waals surface area (Å²) < 4.78 is 40.2. The fourth-order valence-corrected chi connectivity index (χ4v) is 5.80. The average molecular weight is 364 g/mol. The predicted octanol–water partition coefficient (Wildman–Crippen LogP) is 2.05. The van der Waals surface area contributed by atoms with Crippen molar-refractivity contribution in [2.45, 2.75) is 10.4 Å². The van der Waals surface area contributed by atoms with Crippen LogP contribution in [0.2, 0.25) is 0 Å². The van der Waals surface area contributed by atoms with Crippen LogP contribution in [-0.2, 0) is 13.7 Å². The van der Waals surface area contributed by atoms with Gasteiger partial charge in [0.1, 0.15) is 12.3 Å². The van der Waals surface area contributed by atoms with E-state index in [1.54, 1.807) is 0 Å². The van der Waals surface area contributed by atoms with E-state index in [-0.39, 0.29) is 12.5 Å². The minimum Gasteiger partial charge on any atom is -0.406 e. The zero-order valence-electron chi connectivity index (χ0n) is 11.6. The zero-order valence-corrected chi connectivity index (χ0v) is 13.2. The topological polar surface area (TPSA) is 72.6 Å². The van der Waals surface area contributed by atoms with Gasteiger partial charge >= 0.3 is 6.36 Å². The van der Waals surface area contributed by atoms with Crippen molar-refractivity contribution in [3.63, 3.8) is 0 Å². The summed E-state index contributed by atoms with van der Waals surface area (Å²) in [4.78, 5) is 25.2. The molecule has 0 aliphatic carbocycles. The molecule has 1 aromatic carbocycles. The fourth-order valence-electron chi connectivity index (χ4n) is 2.62. The van der Waals surface area contributed by atoms with Crippen LogP contribution in [0, 0.1) is 0 Å². The average Bonchev–Trinajstić information content (AvgIpc) is 2.99. The number of nitrogens with two attached hydrogens (primary N) is 1. The maximum atomic E-state index is 12.7. The van der Waals surface area contributed by atoms with Gasteiger partial charge in [-0.25, -0.2) is 0 Å². The minimum absolute atomic E-state index is 0.311.